The highest BCUT2D eigenvalue weighted by Crippen LogP contribution is 2.49. The van der Waals surface area contributed by atoms with Gasteiger partial charge in [-0.05, 0) is 30.9 Å². The third kappa shape index (κ3) is 3.11. The van der Waals surface area contributed by atoms with Crippen molar-refractivity contribution in [1.82, 2.24) is 15.0 Å². The minimum Gasteiger partial charge on any atom is -0.364 e. The highest BCUT2D eigenvalue weighted by molar-refractivity contribution is 5.96. The molecule has 0 bridgehead atoms. The van der Waals surface area contributed by atoms with E-state index < -0.39 is 5.91 Å². The fourth-order valence-corrected chi connectivity index (χ4v) is 4.10. The molecule has 1 aliphatic heterocycles. The summed E-state index contributed by atoms with van der Waals surface area (Å²) in [6.07, 6.45) is 7.14. The zero-order valence-corrected chi connectivity index (χ0v) is 15.3. The number of anilines is 2. The van der Waals surface area contributed by atoms with Crippen LogP contribution in [0.4, 0.5) is 11.6 Å². The first-order chi connectivity index (χ1) is 13.0. The van der Waals surface area contributed by atoms with E-state index in [-0.39, 0.29) is 29.6 Å². The third-order valence-corrected chi connectivity index (χ3v) is 5.42. The number of rotatable bonds is 4. The Hall–Kier alpha value is -3.03. The first kappa shape index (κ1) is 17.4. The van der Waals surface area contributed by atoms with Crippen LogP contribution < -0.4 is 16.0 Å². The van der Waals surface area contributed by atoms with E-state index in [4.69, 9.17) is 5.73 Å². The van der Waals surface area contributed by atoms with E-state index in [1.807, 2.05) is 4.90 Å². The summed E-state index contributed by atoms with van der Waals surface area (Å²) >= 11 is 0. The molecule has 0 spiro atoms. The number of nitrogens with two attached hydrogens (primary N) is 1. The Balaban J connectivity index is 1.84. The second kappa shape index (κ2) is 6.61. The summed E-state index contributed by atoms with van der Waals surface area (Å²) in [4.78, 5) is 38.7. The van der Waals surface area contributed by atoms with E-state index in [9.17, 15) is 9.59 Å². The Labute approximate surface area is 157 Å². The summed E-state index contributed by atoms with van der Waals surface area (Å²) in [5.74, 6) is 0.445. The third-order valence-electron chi connectivity index (χ3n) is 5.42. The van der Waals surface area contributed by atoms with Gasteiger partial charge in [0.15, 0.2) is 0 Å². The number of primary amides is 1. The van der Waals surface area contributed by atoms with Crippen LogP contribution in [0.5, 0.6) is 0 Å². The minimum absolute atomic E-state index is 0.0250. The number of hydrogen-bond acceptors (Lipinski definition) is 6. The molecule has 3 atom stereocenters. The van der Waals surface area contributed by atoms with Gasteiger partial charge < -0.3 is 16.0 Å². The number of carbonyl (C=O) groups excluding carboxylic acids is 2. The van der Waals surface area contributed by atoms with Crippen molar-refractivity contribution >= 4 is 23.5 Å². The summed E-state index contributed by atoms with van der Waals surface area (Å²) in [7, 11) is 0. The van der Waals surface area contributed by atoms with Crippen molar-refractivity contribution in [3.8, 4) is 0 Å². The topological polar surface area (TPSA) is 114 Å². The molecule has 8 heteroatoms. The molecule has 2 amide bonds. The van der Waals surface area contributed by atoms with Gasteiger partial charge in [0.1, 0.15) is 5.69 Å². The average Bonchev–Trinajstić information content (AvgIpc) is 3.48. The van der Waals surface area contributed by atoms with Gasteiger partial charge in [0.05, 0.1) is 17.9 Å². The monoisotopic (exact) mass is 366 g/mol. The predicted octanol–water partition coefficient (Wildman–Crippen LogP) is 1.90. The van der Waals surface area contributed by atoms with E-state index in [0.717, 1.165) is 24.1 Å². The van der Waals surface area contributed by atoms with Crippen LogP contribution in [0.25, 0.3) is 0 Å². The summed E-state index contributed by atoms with van der Waals surface area (Å²) in [5, 5.41) is 3.38. The molecule has 8 nitrogen and oxygen atoms in total. The van der Waals surface area contributed by atoms with Crippen molar-refractivity contribution in [3.05, 3.63) is 42.0 Å². The SMILES string of the molecule is CC(=O)N1c2cnc(C(N)=O)cc2C(Nc2ncccn2)C(C)C1C1CC1. The van der Waals surface area contributed by atoms with Gasteiger partial charge >= 0.3 is 0 Å². The average molecular weight is 366 g/mol. The smallest absolute Gasteiger partial charge is 0.267 e. The van der Waals surface area contributed by atoms with Crippen molar-refractivity contribution in [1.29, 1.82) is 0 Å². The maximum Gasteiger partial charge on any atom is 0.267 e. The van der Waals surface area contributed by atoms with Gasteiger partial charge in [0, 0.05) is 36.8 Å². The van der Waals surface area contributed by atoms with Crippen molar-refractivity contribution < 1.29 is 9.59 Å². The van der Waals surface area contributed by atoms with Crippen LogP contribution in [0.3, 0.4) is 0 Å². The Morgan fingerprint density at radius 1 is 1.22 bits per heavy atom. The number of carbonyl (C=O) groups is 2. The molecule has 1 saturated carbocycles. The molecule has 3 heterocycles. The molecule has 0 saturated heterocycles. The minimum atomic E-state index is -0.598. The highest BCUT2D eigenvalue weighted by Gasteiger charge is 2.48. The standard InChI is InChI=1S/C19H22N6O2/c1-10-16(24-19-21-6-3-7-22-19)13-8-14(18(20)27)23-9-15(13)25(11(2)26)17(10)12-4-5-12/h3,6-10,12,16-17H,4-5H2,1-2H3,(H2,20,27)(H,21,22,24). The van der Waals surface area contributed by atoms with Crippen LogP contribution in [0.2, 0.25) is 0 Å². The van der Waals surface area contributed by atoms with Crippen LogP contribution >= 0.6 is 0 Å². The number of pyridine rings is 1. The lowest BCUT2D eigenvalue weighted by molar-refractivity contribution is -0.117. The lowest BCUT2D eigenvalue weighted by atomic mass is 9.80. The van der Waals surface area contributed by atoms with Gasteiger partial charge in [-0.3, -0.25) is 9.59 Å². The largest absolute Gasteiger partial charge is 0.364 e. The lowest BCUT2D eigenvalue weighted by Crippen LogP contribution is -2.51. The quantitative estimate of drug-likeness (QED) is 0.854. The van der Waals surface area contributed by atoms with Gasteiger partial charge in [0.25, 0.3) is 5.91 Å². The number of amides is 2. The fourth-order valence-electron chi connectivity index (χ4n) is 4.10. The Bertz CT molecular complexity index is 883. The zero-order chi connectivity index (χ0) is 19.1. The van der Waals surface area contributed by atoms with Crippen molar-refractivity contribution in [3.63, 3.8) is 0 Å². The van der Waals surface area contributed by atoms with E-state index in [2.05, 4.69) is 27.2 Å². The van der Waals surface area contributed by atoms with Gasteiger partial charge in [0.2, 0.25) is 11.9 Å². The molecule has 3 N–H and O–H groups in total. The number of nitrogens with one attached hydrogen (secondary N) is 1. The summed E-state index contributed by atoms with van der Waals surface area (Å²) in [6.45, 7) is 3.69. The number of hydrogen-bond donors (Lipinski definition) is 2. The maximum atomic E-state index is 12.5. The molecular weight excluding hydrogens is 344 g/mol. The lowest BCUT2D eigenvalue weighted by Gasteiger charge is -2.45. The van der Waals surface area contributed by atoms with Crippen LogP contribution in [-0.2, 0) is 4.79 Å². The van der Waals surface area contributed by atoms with Crippen molar-refractivity contribution in [2.75, 3.05) is 10.2 Å². The molecule has 0 radical (unpaired) electrons. The summed E-state index contributed by atoms with van der Waals surface area (Å²) in [5.41, 5.74) is 7.14. The van der Waals surface area contributed by atoms with Crippen molar-refractivity contribution in [2.45, 2.75) is 38.8 Å². The van der Waals surface area contributed by atoms with E-state index >= 15 is 0 Å². The molecule has 2 aromatic rings. The first-order valence-corrected chi connectivity index (χ1v) is 9.10. The van der Waals surface area contributed by atoms with Gasteiger partial charge in [-0.2, -0.15) is 0 Å². The normalized spacial score (nSPS) is 24.2. The Morgan fingerprint density at radius 3 is 2.52 bits per heavy atom. The molecule has 1 aliphatic carbocycles. The molecule has 2 aromatic heterocycles. The highest BCUT2D eigenvalue weighted by atomic mass is 16.2. The molecule has 1 fully saturated rings. The molecule has 27 heavy (non-hydrogen) atoms. The van der Waals surface area contributed by atoms with Crippen molar-refractivity contribution in [2.24, 2.45) is 17.6 Å². The molecule has 3 unspecified atom stereocenters. The predicted molar refractivity (Wildman–Crippen MR) is 100.0 cm³/mol. The van der Waals surface area contributed by atoms with E-state index in [0.29, 0.717) is 11.9 Å². The molecule has 140 valence electrons. The van der Waals surface area contributed by atoms with Crippen LogP contribution in [0.15, 0.2) is 30.7 Å². The van der Waals surface area contributed by atoms with Crippen LogP contribution in [-0.4, -0.2) is 32.8 Å². The fraction of sp³-hybridized carbons (Fsp3) is 0.421. The first-order valence-electron chi connectivity index (χ1n) is 9.10. The summed E-state index contributed by atoms with van der Waals surface area (Å²) < 4.78 is 0. The molecule has 0 aromatic carbocycles. The van der Waals surface area contributed by atoms with Gasteiger partial charge in [-0.15, -0.1) is 0 Å². The molecule has 2 aliphatic rings. The number of nitrogens with zero attached hydrogens (tertiary/aromatic N) is 4. The maximum absolute atomic E-state index is 12.5. The van der Waals surface area contributed by atoms with E-state index in [1.54, 1.807) is 37.6 Å². The molecular formula is C19H22N6O2. The second-order valence-electron chi connectivity index (χ2n) is 7.26. The summed E-state index contributed by atoms with van der Waals surface area (Å²) in [6, 6.07) is 3.33. The van der Waals surface area contributed by atoms with Gasteiger partial charge in [-0.1, -0.05) is 6.92 Å². The van der Waals surface area contributed by atoms with E-state index in [1.165, 1.54) is 0 Å². The van der Waals surface area contributed by atoms with Crippen LogP contribution in [0, 0.1) is 11.8 Å². The number of aromatic nitrogens is 3. The Morgan fingerprint density at radius 2 is 1.93 bits per heavy atom. The van der Waals surface area contributed by atoms with Gasteiger partial charge in [-0.25, -0.2) is 15.0 Å². The van der Waals surface area contributed by atoms with Crippen LogP contribution in [0.1, 0.15) is 48.8 Å². The molecule has 4 rings (SSSR count). The second-order valence-corrected chi connectivity index (χ2v) is 7.26. The number of fused-ring (bicyclic) bond motifs is 1. The zero-order valence-electron chi connectivity index (χ0n) is 15.3. The Kier molecular flexibility index (Phi) is 4.25.